The number of guanidine groups is 1. The lowest BCUT2D eigenvalue weighted by Gasteiger charge is -2.15. The van der Waals surface area contributed by atoms with Crippen molar-refractivity contribution in [2.24, 2.45) is 15.0 Å². The van der Waals surface area contributed by atoms with Crippen LogP contribution in [-0.4, -0.2) is 31.6 Å². The first-order valence-corrected chi connectivity index (χ1v) is 6.70. The van der Waals surface area contributed by atoms with Crippen LogP contribution in [0.5, 0.6) is 0 Å². The Balaban J connectivity index is 2.74. The van der Waals surface area contributed by atoms with E-state index in [0.717, 1.165) is 5.56 Å². The number of nitrogens with one attached hydrogen (secondary N) is 2. The van der Waals surface area contributed by atoms with Gasteiger partial charge in [0.2, 0.25) is 11.9 Å². The molecule has 1 atom stereocenters. The first-order chi connectivity index (χ1) is 10.0. The number of amides is 1. The predicted octanol–water partition coefficient (Wildman–Crippen LogP) is 2.17. The number of rotatable bonds is 5. The van der Waals surface area contributed by atoms with Gasteiger partial charge in [-0.15, -0.1) is 0 Å². The largest absolute Gasteiger partial charge is 0.348 e. The summed E-state index contributed by atoms with van der Waals surface area (Å²) in [7, 11) is 0. The van der Waals surface area contributed by atoms with Crippen LogP contribution < -0.4 is 10.6 Å². The van der Waals surface area contributed by atoms with E-state index < -0.39 is 0 Å². The second-order valence-corrected chi connectivity index (χ2v) is 4.65. The van der Waals surface area contributed by atoms with Crippen LogP contribution >= 0.6 is 11.6 Å². The maximum absolute atomic E-state index is 10.8. The molecule has 2 N–H and O–H groups in total. The summed E-state index contributed by atoms with van der Waals surface area (Å²) in [4.78, 5) is 22.6. The number of halogens is 1. The summed E-state index contributed by atoms with van der Waals surface area (Å²) in [5.41, 5.74) is 1.04. The van der Waals surface area contributed by atoms with Crippen LogP contribution in [0, 0.1) is 0 Å². The molecule has 0 radical (unpaired) electrons. The molecule has 1 aromatic carbocycles. The van der Waals surface area contributed by atoms with Crippen molar-refractivity contribution >= 4 is 36.5 Å². The molecule has 0 aliphatic rings. The number of carbonyl (C=O) groups is 1. The average Bonchev–Trinajstić information content (AvgIpc) is 2.44. The van der Waals surface area contributed by atoms with Gasteiger partial charge in [-0.25, -0.2) is 9.98 Å². The van der Waals surface area contributed by atoms with Crippen molar-refractivity contribution in [2.75, 3.05) is 6.67 Å². The smallest absolute Gasteiger partial charge is 0.221 e. The van der Waals surface area contributed by atoms with Gasteiger partial charge in [-0.1, -0.05) is 23.7 Å². The second kappa shape index (κ2) is 8.86. The Morgan fingerprint density at radius 2 is 2.10 bits per heavy atom. The molecule has 1 aromatic rings. The third-order valence-electron chi connectivity index (χ3n) is 2.53. The van der Waals surface area contributed by atoms with Crippen LogP contribution in [0.2, 0.25) is 5.02 Å². The SMILES string of the molecule is C=N/C=N\C(=N/CNC(C)=O)NC(C)c1ccc(Cl)cc1. The minimum atomic E-state index is -0.158. The van der Waals surface area contributed by atoms with Crippen LogP contribution in [0.4, 0.5) is 0 Å². The topological polar surface area (TPSA) is 78.2 Å². The summed E-state index contributed by atoms with van der Waals surface area (Å²) in [6, 6.07) is 7.44. The van der Waals surface area contributed by atoms with Gasteiger partial charge >= 0.3 is 0 Å². The van der Waals surface area contributed by atoms with Gasteiger partial charge in [0.1, 0.15) is 13.0 Å². The van der Waals surface area contributed by atoms with Gasteiger partial charge in [0.25, 0.3) is 0 Å². The highest BCUT2D eigenvalue weighted by Crippen LogP contribution is 2.15. The lowest BCUT2D eigenvalue weighted by atomic mass is 10.1. The monoisotopic (exact) mass is 307 g/mol. The summed E-state index contributed by atoms with van der Waals surface area (Å²) >= 11 is 5.86. The quantitative estimate of drug-likeness (QED) is 0.646. The summed E-state index contributed by atoms with van der Waals surface area (Å²) in [6.07, 6.45) is 1.29. The Labute approximate surface area is 129 Å². The van der Waals surface area contributed by atoms with Crippen molar-refractivity contribution in [1.82, 2.24) is 10.6 Å². The lowest BCUT2D eigenvalue weighted by molar-refractivity contribution is -0.118. The zero-order chi connectivity index (χ0) is 15.7. The maximum Gasteiger partial charge on any atom is 0.221 e. The Morgan fingerprint density at radius 1 is 1.43 bits per heavy atom. The molecule has 1 amide bonds. The summed E-state index contributed by atoms with van der Waals surface area (Å²) in [6.45, 7) is 6.85. The van der Waals surface area contributed by atoms with Gasteiger partial charge in [-0.3, -0.25) is 9.79 Å². The molecule has 0 aromatic heterocycles. The van der Waals surface area contributed by atoms with Crippen LogP contribution in [-0.2, 0) is 4.79 Å². The zero-order valence-corrected chi connectivity index (χ0v) is 12.8. The maximum atomic E-state index is 10.8. The normalized spacial score (nSPS) is 13.0. The van der Waals surface area contributed by atoms with Crippen LogP contribution in [0.15, 0.2) is 39.2 Å². The predicted molar refractivity (Wildman–Crippen MR) is 87.2 cm³/mol. The van der Waals surface area contributed by atoms with Crippen molar-refractivity contribution < 1.29 is 4.79 Å². The molecule has 0 saturated heterocycles. The molecular formula is C14H18ClN5O. The van der Waals surface area contributed by atoms with E-state index in [0.29, 0.717) is 11.0 Å². The van der Waals surface area contributed by atoms with Crippen LogP contribution in [0.3, 0.4) is 0 Å². The molecule has 21 heavy (non-hydrogen) atoms. The molecule has 1 unspecified atom stereocenters. The molecule has 6 nitrogen and oxygen atoms in total. The minimum Gasteiger partial charge on any atom is -0.348 e. The molecule has 0 aliphatic carbocycles. The van der Waals surface area contributed by atoms with E-state index in [-0.39, 0.29) is 18.6 Å². The number of benzene rings is 1. The van der Waals surface area contributed by atoms with E-state index in [1.165, 1.54) is 13.3 Å². The zero-order valence-electron chi connectivity index (χ0n) is 12.0. The van der Waals surface area contributed by atoms with E-state index >= 15 is 0 Å². The highest BCUT2D eigenvalue weighted by atomic mass is 35.5. The molecule has 7 heteroatoms. The Hall–Kier alpha value is -2.21. The molecule has 1 rings (SSSR count). The minimum absolute atomic E-state index is 0.0275. The van der Waals surface area contributed by atoms with E-state index in [9.17, 15) is 4.79 Å². The van der Waals surface area contributed by atoms with Crippen molar-refractivity contribution in [1.29, 1.82) is 0 Å². The standard InChI is InChI=1S/C14H18ClN5O/c1-10(12-4-6-13(15)7-5-12)20-14(18-8-16-3)19-9-17-11(2)21/h4-8,10H,3,9H2,1-2H3,(H,17,21)(H,19,20)/b18-8-. The van der Waals surface area contributed by atoms with E-state index in [2.05, 4.69) is 32.3 Å². The third-order valence-corrected chi connectivity index (χ3v) is 2.79. The molecule has 112 valence electrons. The van der Waals surface area contributed by atoms with Crippen LogP contribution in [0.1, 0.15) is 25.5 Å². The Bertz CT molecular complexity index is 539. The van der Waals surface area contributed by atoms with Gasteiger partial charge < -0.3 is 10.6 Å². The van der Waals surface area contributed by atoms with E-state index in [4.69, 9.17) is 11.6 Å². The number of carbonyl (C=O) groups excluding carboxylic acids is 1. The number of hydrogen-bond acceptors (Lipinski definition) is 2. The highest BCUT2D eigenvalue weighted by Gasteiger charge is 2.07. The molecule has 0 saturated carbocycles. The average molecular weight is 308 g/mol. The summed E-state index contributed by atoms with van der Waals surface area (Å²) < 4.78 is 0. The summed E-state index contributed by atoms with van der Waals surface area (Å²) in [5, 5.41) is 6.38. The molecule has 0 spiro atoms. The van der Waals surface area contributed by atoms with Crippen molar-refractivity contribution in [3.05, 3.63) is 34.9 Å². The number of hydrogen-bond donors (Lipinski definition) is 2. The van der Waals surface area contributed by atoms with Gasteiger partial charge in [-0.05, 0) is 31.3 Å². The van der Waals surface area contributed by atoms with Crippen molar-refractivity contribution in [3.63, 3.8) is 0 Å². The van der Waals surface area contributed by atoms with Gasteiger partial charge in [-0.2, -0.15) is 0 Å². The lowest BCUT2D eigenvalue weighted by Crippen LogP contribution is -2.28. The van der Waals surface area contributed by atoms with Crippen LogP contribution in [0.25, 0.3) is 0 Å². The molecular weight excluding hydrogens is 290 g/mol. The molecule has 0 heterocycles. The first-order valence-electron chi connectivity index (χ1n) is 6.32. The number of nitrogens with zero attached hydrogens (tertiary/aromatic N) is 3. The van der Waals surface area contributed by atoms with Crippen molar-refractivity contribution in [2.45, 2.75) is 19.9 Å². The highest BCUT2D eigenvalue weighted by molar-refractivity contribution is 6.30. The van der Waals surface area contributed by atoms with E-state index in [1.807, 2.05) is 31.2 Å². The van der Waals surface area contributed by atoms with Gasteiger partial charge in [0.05, 0.1) is 6.04 Å². The molecule has 0 aliphatic heterocycles. The fourth-order valence-electron chi connectivity index (χ4n) is 1.47. The fraction of sp³-hybridized carbons (Fsp3) is 0.286. The van der Waals surface area contributed by atoms with Gasteiger partial charge in [0.15, 0.2) is 0 Å². The Kier molecular flexibility index (Phi) is 7.11. The number of aliphatic imine (C=N–C) groups is 3. The molecule has 0 bridgehead atoms. The van der Waals surface area contributed by atoms with E-state index in [1.54, 1.807) is 0 Å². The molecule has 0 fully saturated rings. The fourth-order valence-corrected chi connectivity index (χ4v) is 1.60. The third kappa shape index (κ3) is 6.67. The van der Waals surface area contributed by atoms with Gasteiger partial charge in [0, 0.05) is 11.9 Å². The summed E-state index contributed by atoms with van der Waals surface area (Å²) in [5.74, 6) is 0.202. The first kappa shape index (κ1) is 16.8. The van der Waals surface area contributed by atoms with Crippen molar-refractivity contribution in [3.8, 4) is 0 Å². The second-order valence-electron chi connectivity index (χ2n) is 4.22. The Morgan fingerprint density at radius 3 is 2.67 bits per heavy atom.